The molecule has 1 amide bonds. The lowest BCUT2D eigenvalue weighted by molar-refractivity contribution is -0.116. The summed E-state index contributed by atoms with van der Waals surface area (Å²) < 4.78 is 3.15. The summed E-state index contributed by atoms with van der Waals surface area (Å²) in [5, 5.41) is 2.75. The normalized spacial score (nSPS) is 10.8. The maximum atomic E-state index is 12.4. The average molecular weight is 346 g/mol. The highest BCUT2D eigenvalue weighted by molar-refractivity contribution is 5.91. The number of nitrogens with one attached hydrogen (secondary N) is 1. The SMILES string of the molecule is O=C(Cn1c(=O)cnc2ccccc21)Nc1ccc(-n2ccnc2)nc1. The molecule has 0 saturated heterocycles. The molecule has 26 heavy (non-hydrogen) atoms. The Labute approximate surface area is 147 Å². The van der Waals surface area contributed by atoms with Crippen LogP contribution in [0.2, 0.25) is 0 Å². The molecule has 0 aliphatic carbocycles. The second-order valence-electron chi connectivity index (χ2n) is 5.59. The Hall–Kier alpha value is -3.81. The Morgan fingerprint density at radius 1 is 1.08 bits per heavy atom. The molecule has 8 heteroatoms. The van der Waals surface area contributed by atoms with E-state index in [0.717, 1.165) is 0 Å². The molecule has 0 saturated carbocycles. The van der Waals surface area contributed by atoms with Crippen LogP contribution in [0.4, 0.5) is 5.69 Å². The van der Waals surface area contributed by atoms with Crippen molar-refractivity contribution in [3.05, 3.63) is 77.9 Å². The molecular formula is C18H14N6O2. The van der Waals surface area contributed by atoms with Crippen molar-refractivity contribution in [2.75, 3.05) is 5.32 Å². The number of anilines is 1. The molecule has 0 aliphatic rings. The van der Waals surface area contributed by atoms with E-state index in [1.54, 1.807) is 59.8 Å². The molecule has 1 aromatic carbocycles. The third kappa shape index (κ3) is 3.07. The Bertz CT molecular complexity index is 1120. The highest BCUT2D eigenvalue weighted by atomic mass is 16.2. The topological polar surface area (TPSA) is 94.7 Å². The van der Waals surface area contributed by atoms with Crippen LogP contribution in [0, 0.1) is 0 Å². The highest BCUT2D eigenvalue weighted by Gasteiger charge is 2.09. The summed E-state index contributed by atoms with van der Waals surface area (Å²) in [6.45, 7) is -0.106. The predicted molar refractivity (Wildman–Crippen MR) is 96.0 cm³/mol. The van der Waals surface area contributed by atoms with Gasteiger partial charge in [-0.25, -0.2) is 15.0 Å². The number of carbonyl (C=O) groups is 1. The second-order valence-corrected chi connectivity index (χ2v) is 5.59. The number of nitrogens with zero attached hydrogens (tertiary/aromatic N) is 5. The number of amides is 1. The second kappa shape index (κ2) is 6.60. The first kappa shape index (κ1) is 15.7. The highest BCUT2D eigenvalue weighted by Crippen LogP contribution is 2.11. The first-order valence-corrected chi connectivity index (χ1v) is 7.89. The van der Waals surface area contributed by atoms with Gasteiger partial charge in [0, 0.05) is 12.4 Å². The van der Waals surface area contributed by atoms with Gasteiger partial charge in [-0.3, -0.25) is 18.7 Å². The smallest absolute Gasteiger partial charge is 0.269 e. The lowest BCUT2D eigenvalue weighted by atomic mass is 10.3. The van der Waals surface area contributed by atoms with Gasteiger partial charge < -0.3 is 5.32 Å². The number of carbonyl (C=O) groups excluding carboxylic acids is 1. The number of para-hydroxylation sites is 2. The zero-order valence-electron chi connectivity index (χ0n) is 13.6. The van der Waals surface area contributed by atoms with E-state index in [9.17, 15) is 9.59 Å². The van der Waals surface area contributed by atoms with Crippen LogP contribution in [0.25, 0.3) is 16.9 Å². The van der Waals surface area contributed by atoms with Crippen molar-refractivity contribution < 1.29 is 4.79 Å². The van der Waals surface area contributed by atoms with Gasteiger partial charge >= 0.3 is 0 Å². The van der Waals surface area contributed by atoms with Gasteiger partial charge in [0.25, 0.3) is 5.56 Å². The number of aromatic nitrogens is 5. The summed E-state index contributed by atoms with van der Waals surface area (Å²) in [6.07, 6.45) is 7.86. The van der Waals surface area contributed by atoms with E-state index in [1.807, 2.05) is 6.07 Å². The Morgan fingerprint density at radius 3 is 2.73 bits per heavy atom. The molecule has 0 unspecified atom stereocenters. The predicted octanol–water partition coefficient (Wildman–Crippen LogP) is 1.62. The van der Waals surface area contributed by atoms with Crippen LogP contribution in [-0.2, 0) is 11.3 Å². The number of fused-ring (bicyclic) bond motifs is 1. The van der Waals surface area contributed by atoms with Gasteiger partial charge in [-0.05, 0) is 24.3 Å². The van der Waals surface area contributed by atoms with Crippen LogP contribution < -0.4 is 10.9 Å². The van der Waals surface area contributed by atoms with Gasteiger partial charge in [-0.2, -0.15) is 0 Å². The summed E-state index contributed by atoms with van der Waals surface area (Å²) in [5.74, 6) is 0.373. The van der Waals surface area contributed by atoms with Crippen molar-refractivity contribution in [3.8, 4) is 5.82 Å². The summed E-state index contributed by atoms with van der Waals surface area (Å²) >= 11 is 0. The molecule has 0 atom stereocenters. The fraction of sp³-hybridized carbons (Fsp3) is 0.0556. The van der Waals surface area contributed by atoms with Crippen molar-refractivity contribution in [1.82, 2.24) is 24.1 Å². The molecule has 0 aliphatic heterocycles. The van der Waals surface area contributed by atoms with E-state index in [1.165, 1.54) is 10.8 Å². The lowest BCUT2D eigenvalue weighted by Gasteiger charge is -2.10. The maximum absolute atomic E-state index is 12.4. The third-order valence-corrected chi connectivity index (χ3v) is 3.85. The fourth-order valence-electron chi connectivity index (χ4n) is 2.63. The molecule has 3 aromatic heterocycles. The molecular weight excluding hydrogens is 332 g/mol. The summed E-state index contributed by atoms with van der Waals surface area (Å²) in [6, 6.07) is 10.7. The van der Waals surface area contributed by atoms with Gasteiger partial charge in [0.1, 0.15) is 18.7 Å². The van der Waals surface area contributed by atoms with Gasteiger partial charge in [0.2, 0.25) is 5.91 Å². The number of benzene rings is 1. The summed E-state index contributed by atoms with van der Waals surface area (Å²) in [4.78, 5) is 36.8. The number of rotatable bonds is 4. The number of pyridine rings is 1. The molecule has 0 fully saturated rings. The standard InChI is InChI=1S/C18H14N6O2/c25-17(11-24-15-4-2-1-3-14(15)20-10-18(24)26)22-13-5-6-16(21-9-13)23-8-7-19-12-23/h1-10,12H,11H2,(H,22,25). The molecule has 3 heterocycles. The van der Waals surface area contributed by atoms with Gasteiger partial charge in [-0.15, -0.1) is 0 Å². The van der Waals surface area contributed by atoms with Crippen molar-refractivity contribution in [2.24, 2.45) is 0 Å². The van der Waals surface area contributed by atoms with E-state index >= 15 is 0 Å². The van der Waals surface area contributed by atoms with Crippen LogP contribution in [0.5, 0.6) is 0 Å². The largest absolute Gasteiger partial charge is 0.323 e. The van der Waals surface area contributed by atoms with Crippen molar-refractivity contribution >= 4 is 22.6 Å². The lowest BCUT2D eigenvalue weighted by Crippen LogP contribution is -2.28. The molecule has 0 radical (unpaired) electrons. The van der Waals surface area contributed by atoms with Crippen LogP contribution in [0.3, 0.4) is 0 Å². The average Bonchev–Trinajstić information content (AvgIpc) is 3.19. The Balaban J connectivity index is 1.53. The van der Waals surface area contributed by atoms with Crippen molar-refractivity contribution in [2.45, 2.75) is 6.54 Å². The van der Waals surface area contributed by atoms with Gasteiger partial charge in [-0.1, -0.05) is 12.1 Å². The molecule has 4 rings (SSSR count). The van der Waals surface area contributed by atoms with E-state index < -0.39 is 0 Å². The van der Waals surface area contributed by atoms with E-state index in [2.05, 4.69) is 20.3 Å². The van der Waals surface area contributed by atoms with Crippen molar-refractivity contribution in [3.63, 3.8) is 0 Å². The van der Waals surface area contributed by atoms with E-state index in [4.69, 9.17) is 0 Å². The minimum atomic E-state index is -0.326. The molecule has 0 spiro atoms. The minimum absolute atomic E-state index is 0.106. The van der Waals surface area contributed by atoms with E-state index in [0.29, 0.717) is 22.5 Å². The van der Waals surface area contributed by atoms with Crippen molar-refractivity contribution in [1.29, 1.82) is 0 Å². The number of hydrogen-bond donors (Lipinski definition) is 1. The number of hydrogen-bond acceptors (Lipinski definition) is 5. The molecule has 1 N–H and O–H groups in total. The van der Waals surface area contributed by atoms with Crippen LogP contribution >= 0.6 is 0 Å². The third-order valence-electron chi connectivity index (χ3n) is 3.85. The molecule has 0 bridgehead atoms. The van der Waals surface area contributed by atoms with E-state index in [-0.39, 0.29) is 18.0 Å². The first-order chi connectivity index (χ1) is 12.7. The monoisotopic (exact) mass is 346 g/mol. The number of imidazole rings is 1. The fourth-order valence-corrected chi connectivity index (χ4v) is 2.63. The molecule has 4 aromatic rings. The summed E-state index contributed by atoms with van der Waals surface area (Å²) in [5.41, 5.74) is 1.49. The zero-order chi connectivity index (χ0) is 17.9. The Kier molecular flexibility index (Phi) is 3.98. The van der Waals surface area contributed by atoms with Crippen LogP contribution in [-0.4, -0.2) is 30.0 Å². The maximum Gasteiger partial charge on any atom is 0.269 e. The summed E-state index contributed by atoms with van der Waals surface area (Å²) in [7, 11) is 0. The van der Waals surface area contributed by atoms with Gasteiger partial charge in [0.15, 0.2) is 0 Å². The quantitative estimate of drug-likeness (QED) is 0.606. The first-order valence-electron chi connectivity index (χ1n) is 7.89. The van der Waals surface area contributed by atoms with Crippen LogP contribution in [0.15, 0.2) is 72.3 Å². The van der Waals surface area contributed by atoms with Gasteiger partial charge in [0.05, 0.1) is 29.1 Å². The molecule has 128 valence electrons. The molecule has 8 nitrogen and oxygen atoms in total. The van der Waals surface area contributed by atoms with Crippen LogP contribution in [0.1, 0.15) is 0 Å². The Morgan fingerprint density at radius 2 is 1.96 bits per heavy atom. The zero-order valence-corrected chi connectivity index (χ0v) is 13.6. The minimum Gasteiger partial charge on any atom is -0.323 e.